The molecule has 4 heteroatoms. The van der Waals surface area contributed by atoms with E-state index >= 15 is 0 Å². The molecule has 2 aromatic rings. The first-order chi connectivity index (χ1) is 9.11. The number of halogens is 1. The van der Waals surface area contributed by atoms with Crippen molar-refractivity contribution in [2.45, 2.75) is 0 Å². The number of nitrogens with zero attached hydrogens (tertiary/aromatic N) is 2. The molecule has 0 bridgehead atoms. The topological polar surface area (TPSA) is 33.2 Å². The number of amides is 1. The largest absolute Gasteiger partial charge is 0.312 e. The second-order valence-electron chi connectivity index (χ2n) is 4.01. The minimum Gasteiger partial charge on any atom is -0.312 e. The normalized spacial score (nSPS) is 10.0. The maximum Gasteiger partial charge on any atom is 0.250 e. The summed E-state index contributed by atoms with van der Waals surface area (Å²) in [6, 6.07) is 11.1. The Hall–Kier alpha value is -2.13. The third kappa shape index (κ3) is 3.01. The molecule has 0 atom stereocenters. The van der Waals surface area contributed by atoms with Gasteiger partial charge in [0.25, 0.3) is 0 Å². The first-order valence-electron chi connectivity index (χ1n) is 5.74. The van der Waals surface area contributed by atoms with Crippen LogP contribution in [0.25, 0.3) is 11.3 Å². The SMILES string of the molecule is C=CC(=O)N(C)c1ccc(-c2cc(Cl)ccn2)cc1. The Balaban J connectivity index is 2.28. The Bertz CT molecular complexity index is 608. The van der Waals surface area contributed by atoms with Gasteiger partial charge < -0.3 is 4.90 Å². The fraction of sp³-hybridized carbons (Fsp3) is 0.0667. The summed E-state index contributed by atoms with van der Waals surface area (Å²) < 4.78 is 0. The zero-order chi connectivity index (χ0) is 13.8. The average Bonchev–Trinajstić information content (AvgIpc) is 2.46. The van der Waals surface area contributed by atoms with Gasteiger partial charge in [0, 0.05) is 29.5 Å². The predicted octanol–water partition coefficient (Wildman–Crippen LogP) is 3.55. The molecule has 0 aliphatic carbocycles. The molecular formula is C15H13ClN2O. The zero-order valence-corrected chi connectivity index (χ0v) is 11.3. The van der Waals surface area contributed by atoms with Gasteiger partial charge >= 0.3 is 0 Å². The van der Waals surface area contributed by atoms with Crippen LogP contribution in [0.15, 0.2) is 55.3 Å². The van der Waals surface area contributed by atoms with Crippen LogP contribution in [0.3, 0.4) is 0 Å². The molecule has 0 saturated heterocycles. The van der Waals surface area contributed by atoms with Crippen molar-refractivity contribution in [1.82, 2.24) is 4.98 Å². The van der Waals surface area contributed by atoms with E-state index in [4.69, 9.17) is 11.6 Å². The predicted molar refractivity (Wildman–Crippen MR) is 78.3 cm³/mol. The van der Waals surface area contributed by atoms with Gasteiger partial charge in [-0.3, -0.25) is 9.78 Å². The molecule has 0 N–H and O–H groups in total. The highest BCUT2D eigenvalue weighted by atomic mass is 35.5. The third-order valence-electron chi connectivity index (χ3n) is 2.78. The first-order valence-corrected chi connectivity index (χ1v) is 6.11. The Morgan fingerprint density at radius 2 is 2.00 bits per heavy atom. The Kier molecular flexibility index (Phi) is 3.97. The van der Waals surface area contributed by atoms with Gasteiger partial charge in [-0.05, 0) is 30.3 Å². The standard InChI is InChI=1S/C15H13ClN2O/c1-3-15(19)18(2)13-6-4-11(5-7-13)14-10-12(16)8-9-17-14/h3-10H,1H2,2H3. The molecule has 0 fully saturated rings. The summed E-state index contributed by atoms with van der Waals surface area (Å²) in [5, 5.41) is 0.646. The number of hydrogen-bond donors (Lipinski definition) is 0. The monoisotopic (exact) mass is 272 g/mol. The van der Waals surface area contributed by atoms with E-state index in [9.17, 15) is 4.79 Å². The highest BCUT2D eigenvalue weighted by Gasteiger charge is 2.07. The van der Waals surface area contributed by atoms with E-state index in [1.807, 2.05) is 24.3 Å². The van der Waals surface area contributed by atoms with Crippen molar-refractivity contribution in [2.24, 2.45) is 0 Å². The van der Waals surface area contributed by atoms with Crippen molar-refractivity contribution >= 4 is 23.2 Å². The molecule has 2 rings (SSSR count). The molecule has 0 aliphatic heterocycles. The molecule has 3 nitrogen and oxygen atoms in total. The number of carbonyl (C=O) groups excluding carboxylic acids is 1. The maximum atomic E-state index is 11.5. The summed E-state index contributed by atoms with van der Waals surface area (Å²) in [5.41, 5.74) is 2.55. The van der Waals surface area contributed by atoms with Crippen LogP contribution in [0.1, 0.15) is 0 Å². The lowest BCUT2D eigenvalue weighted by Crippen LogP contribution is -2.23. The lowest BCUT2D eigenvalue weighted by molar-refractivity contribution is -0.113. The van der Waals surface area contributed by atoms with E-state index in [1.54, 1.807) is 25.4 Å². The highest BCUT2D eigenvalue weighted by Crippen LogP contribution is 2.23. The van der Waals surface area contributed by atoms with Crippen molar-refractivity contribution in [3.8, 4) is 11.3 Å². The Morgan fingerprint density at radius 1 is 1.32 bits per heavy atom. The van der Waals surface area contributed by atoms with Crippen molar-refractivity contribution in [3.63, 3.8) is 0 Å². The summed E-state index contributed by atoms with van der Waals surface area (Å²) in [4.78, 5) is 17.3. The van der Waals surface area contributed by atoms with Crippen LogP contribution in [0.2, 0.25) is 5.02 Å². The van der Waals surface area contributed by atoms with E-state index in [0.717, 1.165) is 16.9 Å². The van der Waals surface area contributed by atoms with Crippen molar-refractivity contribution in [2.75, 3.05) is 11.9 Å². The molecule has 1 aromatic carbocycles. The first kappa shape index (κ1) is 13.3. The van der Waals surface area contributed by atoms with Gasteiger partial charge in [-0.25, -0.2) is 0 Å². The molecule has 1 heterocycles. The van der Waals surface area contributed by atoms with Crippen LogP contribution in [-0.4, -0.2) is 17.9 Å². The number of pyridine rings is 1. The molecule has 19 heavy (non-hydrogen) atoms. The van der Waals surface area contributed by atoms with Crippen LogP contribution in [0.5, 0.6) is 0 Å². The maximum absolute atomic E-state index is 11.5. The average molecular weight is 273 g/mol. The van der Waals surface area contributed by atoms with Gasteiger partial charge in [0.2, 0.25) is 5.91 Å². The molecule has 0 radical (unpaired) electrons. The van der Waals surface area contributed by atoms with E-state index in [-0.39, 0.29) is 5.91 Å². The second kappa shape index (κ2) is 5.67. The number of aromatic nitrogens is 1. The molecule has 0 spiro atoms. The number of anilines is 1. The second-order valence-corrected chi connectivity index (χ2v) is 4.44. The van der Waals surface area contributed by atoms with Gasteiger partial charge in [0.1, 0.15) is 0 Å². The van der Waals surface area contributed by atoms with Crippen molar-refractivity contribution in [1.29, 1.82) is 0 Å². The molecule has 96 valence electrons. The van der Waals surface area contributed by atoms with Gasteiger partial charge in [-0.15, -0.1) is 0 Å². The van der Waals surface area contributed by atoms with Gasteiger partial charge in [0.15, 0.2) is 0 Å². The number of hydrogen-bond acceptors (Lipinski definition) is 2. The number of rotatable bonds is 3. The summed E-state index contributed by atoms with van der Waals surface area (Å²) >= 11 is 5.93. The molecule has 1 amide bonds. The summed E-state index contributed by atoms with van der Waals surface area (Å²) in [5.74, 6) is -0.145. The summed E-state index contributed by atoms with van der Waals surface area (Å²) in [6.45, 7) is 3.47. The quantitative estimate of drug-likeness (QED) is 0.801. The van der Waals surface area contributed by atoms with Crippen LogP contribution in [0.4, 0.5) is 5.69 Å². The van der Waals surface area contributed by atoms with Gasteiger partial charge in [0.05, 0.1) is 5.69 Å². The van der Waals surface area contributed by atoms with Gasteiger partial charge in [-0.2, -0.15) is 0 Å². The van der Waals surface area contributed by atoms with Crippen LogP contribution in [0, 0.1) is 0 Å². The number of carbonyl (C=O) groups is 1. The van der Waals surface area contributed by atoms with Gasteiger partial charge in [-0.1, -0.05) is 30.3 Å². The fourth-order valence-electron chi connectivity index (χ4n) is 1.68. The van der Waals surface area contributed by atoms with Crippen LogP contribution >= 0.6 is 11.6 Å². The lowest BCUT2D eigenvalue weighted by Gasteiger charge is -2.15. The molecule has 0 unspecified atom stereocenters. The van der Waals surface area contributed by atoms with E-state index in [2.05, 4.69) is 11.6 Å². The molecular weight excluding hydrogens is 260 g/mol. The van der Waals surface area contributed by atoms with Crippen LogP contribution < -0.4 is 4.90 Å². The van der Waals surface area contributed by atoms with E-state index < -0.39 is 0 Å². The van der Waals surface area contributed by atoms with Crippen LogP contribution in [-0.2, 0) is 4.79 Å². The summed E-state index contributed by atoms with van der Waals surface area (Å²) in [7, 11) is 1.71. The molecule has 0 aliphatic rings. The third-order valence-corrected chi connectivity index (χ3v) is 3.01. The lowest BCUT2D eigenvalue weighted by atomic mass is 10.1. The number of benzene rings is 1. The highest BCUT2D eigenvalue weighted by molar-refractivity contribution is 6.30. The minimum absolute atomic E-state index is 0.145. The van der Waals surface area contributed by atoms with E-state index in [0.29, 0.717) is 5.02 Å². The van der Waals surface area contributed by atoms with Crippen molar-refractivity contribution < 1.29 is 4.79 Å². The fourth-order valence-corrected chi connectivity index (χ4v) is 1.84. The Morgan fingerprint density at radius 3 is 2.58 bits per heavy atom. The minimum atomic E-state index is -0.145. The zero-order valence-electron chi connectivity index (χ0n) is 10.5. The molecule has 1 aromatic heterocycles. The van der Waals surface area contributed by atoms with Crippen molar-refractivity contribution in [3.05, 3.63) is 60.3 Å². The van der Waals surface area contributed by atoms with E-state index in [1.165, 1.54) is 11.0 Å². The Labute approximate surface area is 117 Å². The summed E-state index contributed by atoms with van der Waals surface area (Å²) in [6.07, 6.45) is 2.95. The molecule has 0 saturated carbocycles. The smallest absolute Gasteiger partial charge is 0.250 e. The number of likely N-dealkylation sites (N-methyl/N-ethyl adjacent to an activating group) is 1.